The summed E-state index contributed by atoms with van der Waals surface area (Å²) in [5.74, 6) is 0. The van der Waals surface area contributed by atoms with Crippen LogP contribution in [-0.4, -0.2) is 47.2 Å². The number of nitrogens with one attached hydrogen (secondary N) is 1. The van der Waals surface area contributed by atoms with Gasteiger partial charge in [0.2, 0.25) is 0 Å². The smallest absolute Gasteiger partial charge is 0.262 e. The summed E-state index contributed by atoms with van der Waals surface area (Å²) in [6.07, 6.45) is 3.23. The van der Waals surface area contributed by atoms with Crippen LogP contribution < -0.4 is 10.5 Å². The number of unbranched alkanes of at least 4 members (excludes halogenated alkanes) is 2. The van der Waals surface area contributed by atoms with E-state index in [9.17, 15) is 4.79 Å². The lowest BCUT2D eigenvalue weighted by atomic mass is 10.2. The molecule has 0 amide bonds. The fourth-order valence-electron chi connectivity index (χ4n) is 4.05. The number of H-pyrrole nitrogens is 1. The van der Waals surface area contributed by atoms with Gasteiger partial charge in [0, 0.05) is 38.4 Å². The molecule has 1 aliphatic rings. The van der Waals surface area contributed by atoms with Crippen molar-refractivity contribution in [3.05, 3.63) is 69.7 Å². The van der Waals surface area contributed by atoms with Gasteiger partial charge in [0.25, 0.3) is 5.56 Å². The fraction of sp³-hybridized carbons (Fsp3) is 0.391. The number of para-hydroxylation sites is 2. The van der Waals surface area contributed by atoms with E-state index in [2.05, 4.69) is 45.1 Å². The number of piperazine rings is 1. The van der Waals surface area contributed by atoms with Crippen molar-refractivity contribution in [1.82, 2.24) is 14.5 Å². The molecule has 152 valence electrons. The van der Waals surface area contributed by atoms with Crippen molar-refractivity contribution in [3.63, 3.8) is 0 Å². The van der Waals surface area contributed by atoms with E-state index in [1.165, 1.54) is 5.69 Å². The monoisotopic (exact) mass is 408 g/mol. The summed E-state index contributed by atoms with van der Waals surface area (Å²) < 4.78 is 2.22. The predicted octanol–water partition coefficient (Wildman–Crippen LogP) is 4.05. The van der Waals surface area contributed by atoms with Gasteiger partial charge in [-0.1, -0.05) is 36.8 Å². The second-order valence-electron chi connectivity index (χ2n) is 7.66. The first-order valence-electron chi connectivity index (χ1n) is 10.5. The average Bonchev–Trinajstić information content (AvgIpc) is 2.76. The van der Waals surface area contributed by atoms with E-state index in [0.717, 1.165) is 57.5 Å². The van der Waals surface area contributed by atoms with E-state index < -0.39 is 0 Å². The normalized spacial score (nSPS) is 15.1. The number of aromatic amines is 1. The van der Waals surface area contributed by atoms with Gasteiger partial charge in [-0.3, -0.25) is 14.3 Å². The molecule has 1 aliphatic heterocycles. The van der Waals surface area contributed by atoms with Crippen molar-refractivity contribution in [2.24, 2.45) is 0 Å². The number of hydrogen-bond donors (Lipinski definition) is 1. The topological polar surface area (TPSA) is 44.3 Å². The summed E-state index contributed by atoms with van der Waals surface area (Å²) in [5.41, 5.74) is 2.15. The average molecular weight is 409 g/mol. The highest BCUT2D eigenvalue weighted by Gasteiger charge is 2.16. The number of nitrogens with zero attached hydrogens (tertiary/aromatic N) is 3. The van der Waals surface area contributed by atoms with Crippen LogP contribution in [0.15, 0.2) is 59.4 Å². The van der Waals surface area contributed by atoms with Gasteiger partial charge in [-0.05, 0) is 55.9 Å². The van der Waals surface area contributed by atoms with Gasteiger partial charge in [0.05, 0.1) is 10.9 Å². The van der Waals surface area contributed by atoms with E-state index in [0.29, 0.717) is 16.7 Å². The quantitative estimate of drug-likeness (QED) is 0.473. The molecule has 0 spiro atoms. The van der Waals surface area contributed by atoms with Crippen LogP contribution in [0, 0.1) is 4.77 Å². The summed E-state index contributed by atoms with van der Waals surface area (Å²) >= 11 is 5.39. The third-order valence-electron chi connectivity index (χ3n) is 5.74. The van der Waals surface area contributed by atoms with Gasteiger partial charge in [-0.15, -0.1) is 0 Å². The second-order valence-corrected chi connectivity index (χ2v) is 8.04. The highest BCUT2D eigenvalue weighted by Crippen LogP contribution is 2.16. The zero-order valence-corrected chi connectivity index (χ0v) is 17.5. The molecule has 0 unspecified atom stereocenters. The Kier molecular flexibility index (Phi) is 6.42. The van der Waals surface area contributed by atoms with E-state index in [1.807, 2.05) is 24.3 Å². The van der Waals surface area contributed by atoms with Gasteiger partial charge >= 0.3 is 0 Å². The van der Waals surface area contributed by atoms with Crippen molar-refractivity contribution >= 4 is 28.8 Å². The van der Waals surface area contributed by atoms with E-state index in [1.54, 1.807) is 4.57 Å². The van der Waals surface area contributed by atoms with E-state index in [-0.39, 0.29) is 5.56 Å². The van der Waals surface area contributed by atoms with Crippen LogP contribution in [0.1, 0.15) is 19.3 Å². The predicted molar refractivity (Wildman–Crippen MR) is 122 cm³/mol. The maximum Gasteiger partial charge on any atom is 0.262 e. The first kappa shape index (κ1) is 19.9. The molecule has 0 radical (unpaired) electrons. The molecule has 0 aliphatic carbocycles. The summed E-state index contributed by atoms with van der Waals surface area (Å²) in [5, 5.41) is 0.706. The van der Waals surface area contributed by atoms with Gasteiger partial charge in [-0.25, -0.2) is 0 Å². The van der Waals surface area contributed by atoms with E-state index in [4.69, 9.17) is 12.2 Å². The lowest BCUT2D eigenvalue weighted by molar-refractivity contribution is 0.251. The van der Waals surface area contributed by atoms with Crippen LogP contribution in [-0.2, 0) is 6.54 Å². The molecule has 1 saturated heterocycles. The first-order valence-corrected chi connectivity index (χ1v) is 10.9. The maximum atomic E-state index is 12.7. The molecule has 6 heteroatoms. The Morgan fingerprint density at radius 2 is 1.52 bits per heavy atom. The molecule has 5 nitrogen and oxygen atoms in total. The highest BCUT2D eigenvalue weighted by atomic mass is 32.1. The number of anilines is 1. The van der Waals surface area contributed by atoms with Crippen LogP contribution in [0.4, 0.5) is 5.69 Å². The van der Waals surface area contributed by atoms with Crippen LogP contribution >= 0.6 is 12.2 Å². The minimum absolute atomic E-state index is 0.0152. The molecule has 29 heavy (non-hydrogen) atoms. The van der Waals surface area contributed by atoms with Crippen molar-refractivity contribution in [2.75, 3.05) is 37.6 Å². The number of rotatable bonds is 7. The number of hydrogen-bond acceptors (Lipinski definition) is 4. The fourth-order valence-corrected chi connectivity index (χ4v) is 4.34. The third-order valence-corrected chi connectivity index (χ3v) is 6.06. The third kappa shape index (κ3) is 4.77. The summed E-state index contributed by atoms with van der Waals surface area (Å²) in [6, 6.07) is 18.2. The van der Waals surface area contributed by atoms with Crippen LogP contribution in [0.3, 0.4) is 0 Å². The Labute approximate surface area is 176 Å². The largest absolute Gasteiger partial charge is 0.369 e. The molecular weight excluding hydrogens is 380 g/mol. The SMILES string of the molecule is O=c1c2ccccc2[nH]c(=S)n1CCCCCN1CCN(c2ccccc2)CC1. The van der Waals surface area contributed by atoms with Crippen molar-refractivity contribution < 1.29 is 0 Å². The summed E-state index contributed by atoms with van der Waals surface area (Å²) in [7, 11) is 0. The number of benzene rings is 2. The van der Waals surface area contributed by atoms with Crippen LogP contribution in [0.2, 0.25) is 0 Å². The number of fused-ring (bicyclic) bond motifs is 1. The molecule has 1 fully saturated rings. The second kappa shape index (κ2) is 9.37. The Balaban J connectivity index is 1.22. The zero-order valence-electron chi connectivity index (χ0n) is 16.7. The standard InChI is InChI=1S/C23H28N4OS/c28-22-20-11-5-6-12-21(20)24-23(29)27(22)14-8-2-7-13-25-15-17-26(18-16-25)19-9-3-1-4-10-19/h1,3-6,9-12H,2,7-8,13-18H2,(H,24,29). The van der Waals surface area contributed by atoms with Gasteiger partial charge < -0.3 is 9.88 Å². The Hall–Kier alpha value is -2.44. The molecule has 4 rings (SSSR count). The van der Waals surface area contributed by atoms with Crippen molar-refractivity contribution in [2.45, 2.75) is 25.8 Å². The lowest BCUT2D eigenvalue weighted by Gasteiger charge is -2.36. The number of aromatic nitrogens is 2. The first-order chi connectivity index (χ1) is 14.2. The van der Waals surface area contributed by atoms with Crippen molar-refractivity contribution in [3.8, 4) is 0 Å². The summed E-state index contributed by atoms with van der Waals surface area (Å²) in [6.45, 7) is 6.22. The Bertz CT molecular complexity index is 1050. The molecule has 0 bridgehead atoms. The molecular formula is C23H28N4OS. The van der Waals surface area contributed by atoms with Crippen LogP contribution in [0.5, 0.6) is 0 Å². The lowest BCUT2D eigenvalue weighted by Crippen LogP contribution is -2.46. The van der Waals surface area contributed by atoms with Crippen molar-refractivity contribution in [1.29, 1.82) is 0 Å². The minimum atomic E-state index is 0.0152. The zero-order chi connectivity index (χ0) is 20.1. The van der Waals surface area contributed by atoms with Gasteiger partial charge in [0.1, 0.15) is 0 Å². The molecule has 3 aromatic rings. The van der Waals surface area contributed by atoms with E-state index >= 15 is 0 Å². The summed E-state index contributed by atoms with van der Waals surface area (Å²) in [4.78, 5) is 20.9. The Morgan fingerprint density at radius 1 is 0.828 bits per heavy atom. The minimum Gasteiger partial charge on any atom is -0.369 e. The highest BCUT2D eigenvalue weighted by molar-refractivity contribution is 7.71. The molecule has 0 atom stereocenters. The molecule has 0 saturated carbocycles. The van der Waals surface area contributed by atoms with Gasteiger partial charge in [0.15, 0.2) is 4.77 Å². The van der Waals surface area contributed by atoms with Gasteiger partial charge in [-0.2, -0.15) is 0 Å². The molecule has 1 aromatic heterocycles. The molecule has 1 N–H and O–H groups in total. The van der Waals surface area contributed by atoms with Crippen LogP contribution in [0.25, 0.3) is 10.9 Å². The Morgan fingerprint density at radius 3 is 2.31 bits per heavy atom. The maximum absolute atomic E-state index is 12.7. The molecule has 2 aromatic carbocycles. The molecule has 2 heterocycles.